The van der Waals surface area contributed by atoms with Crippen LogP contribution in [0.1, 0.15) is 41.0 Å². The lowest BCUT2D eigenvalue weighted by Gasteiger charge is -2.29. The van der Waals surface area contributed by atoms with Gasteiger partial charge < -0.3 is 14.4 Å². The fourth-order valence-corrected chi connectivity index (χ4v) is 4.49. The maximum Gasteiger partial charge on any atom is 0.254 e. The van der Waals surface area contributed by atoms with Crippen molar-refractivity contribution in [1.82, 2.24) is 14.4 Å². The number of amides is 2. The Morgan fingerprint density at radius 1 is 0.769 bits per heavy atom. The number of hydrogen-bond acceptors (Lipinski definition) is 2. The number of halogens is 2. The fourth-order valence-electron chi connectivity index (χ4n) is 4.49. The van der Waals surface area contributed by atoms with Crippen LogP contribution in [0.15, 0.2) is 97.2 Å². The number of rotatable bonds is 11. The first-order valence-corrected chi connectivity index (χ1v) is 13.0. The molecule has 202 valence electrons. The molecule has 1 aromatic heterocycles. The van der Waals surface area contributed by atoms with Crippen LogP contribution in [0.5, 0.6) is 0 Å². The zero-order valence-corrected chi connectivity index (χ0v) is 22.3. The molecule has 4 aromatic rings. The molecule has 0 N–H and O–H groups in total. The van der Waals surface area contributed by atoms with Crippen LogP contribution in [-0.2, 0) is 24.4 Å². The van der Waals surface area contributed by atoms with Crippen LogP contribution in [-0.4, -0.2) is 39.3 Å². The van der Waals surface area contributed by atoms with E-state index in [2.05, 4.69) is 0 Å². The van der Waals surface area contributed by atoms with E-state index in [0.717, 1.165) is 16.8 Å². The van der Waals surface area contributed by atoms with Gasteiger partial charge in [0.05, 0.1) is 6.54 Å². The molecule has 0 aliphatic rings. The number of benzene rings is 3. The van der Waals surface area contributed by atoms with Crippen molar-refractivity contribution >= 4 is 11.8 Å². The second-order valence-corrected chi connectivity index (χ2v) is 10.1. The minimum atomic E-state index is -0.496. The maximum absolute atomic E-state index is 13.8. The van der Waals surface area contributed by atoms with Crippen LogP contribution in [0.25, 0.3) is 0 Å². The van der Waals surface area contributed by atoms with Crippen LogP contribution >= 0.6 is 0 Å². The van der Waals surface area contributed by atoms with Gasteiger partial charge in [0.2, 0.25) is 5.91 Å². The average Bonchev–Trinajstić information content (AvgIpc) is 3.35. The predicted molar refractivity (Wildman–Crippen MR) is 148 cm³/mol. The van der Waals surface area contributed by atoms with Gasteiger partial charge in [-0.1, -0.05) is 62.4 Å². The van der Waals surface area contributed by atoms with Crippen LogP contribution in [0.2, 0.25) is 0 Å². The van der Waals surface area contributed by atoms with Crippen LogP contribution < -0.4 is 0 Å². The SMILES string of the molecule is CC(C)CN(CC(=O)N(Cc1ccccc1)Cc1cccn1Cc1ccc(F)cc1)C(=O)c1cccc(F)c1. The molecule has 7 heteroatoms. The number of hydrogen-bond donors (Lipinski definition) is 0. The zero-order chi connectivity index (χ0) is 27.8. The second-order valence-electron chi connectivity index (χ2n) is 10.1. The molecule has 0 fully saturated rings. The first-order chi connectivity index (χ1) is 18.8. The normalized spacial score (nSPS) is 11.0. The minimum absolute atomic E-state index is 0.117. The van der Waals surface area contributed by atoms with Gasteiger partial charge in [0.15, 0.2) is 0 Å². The Morgan fingerprint density at radius 3 is 2.21 bits per heavy atom. The van der Waals surface area contributed by atoms with Crippen molar-refractivity contribution in [2.24, 2.45) is 5.92 Å². The first-order valence-electron chi connectivity index (χ1n) is 13.0. The monoisotopic (exact) mass is 529 g/mol. The van der Waals surface area contributed by atoms with Gasteiger partial charge in [-0.05, 0) is 59.5 Å². The molecule has 5 nitrogen and oxygen atoms in total. The molecule has 3 aromatic carbocycles. The van der Waals surface area contributed by atoms with E-state index < -0.39 is 5.82 Å². The lowest BCUT2D eigenvalue weighted by atomic mass is 10.1. The van der Waals surface area contributed by atoms with Gasteiger partial charge in [0.1, 0.15) is 18.2 Å². The summed E-state index contributed by atoms with van der Waals surface area (Å²) in [4.78, 5) is 30.3. The Bertz CT molecular complexity index is 1380. The summed E-state index contributed by atoms with van der Waals surface area (Å²) in [5.41, 5.74) is 3.04. The summed E-state index contributed by atoms with van der Waals surface area (Å²) in [5, 5.41) is 0. The third-order valence-corrected chi connectivity index (χ3v) is 6.38. The van der Waals surface area contributed by atoms with Crippen LogP contribution in [0.4, 0.5) is 8.78 Å². The number of nitrogens with zero attached hydrogens (tertiary/aromatic N) is 3. The van der Waals surface area contributed by atoms with E-state index in [9.17, 15) is 18.4 Å². The highest BCUT2D eigenvalue weighted by Gasteiger charge is 2.24. The van der Waals surface area contributed by atoms with Crippen molar-refractivity contribution in [3.8, 4) is 0 Å². The van der Waals surface area contributed by atoms with Crippen molar-refractivity contribution in [3.05, 3.63) is 131 Å². The van der Waals surface area contributed by atoms with Gasteiger partial charge in [0, 0.05) is 37.1 Å². The topological polar surface area (TPSA) is 45.6 Å². The van der Waals surface area contributed by atoms with Crippen molar-refractivity contribution in [2.75, 3.05) is 13.1 Å². The third-order valence-electron chi connectivity index (χ3n) is 6.38. The summed E-state index contributed by atoms with van der Waals surface area (Å²) in [7, 11) is 0. The molecule has 0 radical (unpaired) electrons. The molecule has 0 spiro atoms. The van der Waals surface area contributed by atoms with Gasteiger partial charge in [-0.2, -0.15) is 0 Å². The molecule has 0 unspecified atom stereocenters. The standard InChI is InChI=1S/C32H33F2N3O2/c1-24(2)19-37(32(39)27-10-6-11-29(34)18-27)23-31(38)36(21-25-8-4-3-5-9-25)22-30-12-7-17-35(30)20-26-13-15-28(33)16-14-26/h3-18,24H,19-23H2,1-2H3. The molecule has 0 aliphatic carbocycles. The molecule has 2 amide bonds. The molecule has 39 heavy (non-hydrogen) atoms. The maximum atomic E-state index is 13.8. The Kier molecular flexibility index (Phi) is 9.26. The Labute approximate surface area is 228 Å². The fraction of sp³-hybridized carbons (Fsp3) is 0.250. The first kappa shape index (κ1) is 27.8. The highest BCUT2D eigenvalue weighted by molar-refractivity contribution is 5.96. The predicted octanol–water partition coefficient (Wildman–Crippen LogP) is 6.14. The summed E-state index contributed by atoms with van der Waals surface area (Å²) in [6, 6.07) is 25.5. The summed E-state index contributed by atoms with van der Waals surface area (Å²) >= 11 is 0. The summed E-state index contributed by atoms with van der Waals surface area (Å²) < 4.78 is 29.3. The van der Waals surface area contributed by atoms with Crippen molar-refractivity contribution in [2.45, 2.75) is 33.5 Å². The molecule has 0 aliphatic heterocycles. The Balaban J connectivity index is 1.57. The van der Waals surface area contributed by atoms with Crippen LogP contribution in [0.3, 0.4) is 0 Å². The summed E-state index contributed by atoms with van der Waals surface area (Å²) in [6.07, 6.45) is 1.93. The lowest BCUT2D eigenvalue weighted by molar-refractivity contribution is -0.133. The molecule has 1 heterocycles. The minimum Gasteiger partial charge on any atom is -0.345 e. The van der Waals surface area contributed by atoms with E-state index in [-0.39, 0.29) is 35.7 Å². The van der Waals surface area contributed by atoms with E-state index in [1.54, 1.807) is 23.1 Å². The van der Waals surface area contributed by atoms with Crippen molar-refractivity contribution < 1.29 is 18.4 Å². The van der Waals surface area contributed by atoms with E-state index >= 15 is 0 Å². The molecule has 0 saturated heterocycles. The molecular weight excluding hydrogens is 496 g/mol. The largest absolute Gasteiger partial charge is 0.345 e. The third kappa shape index (κ3) is 7.87. The lowest BCUT2D eigenvalue weighted by Crippen LogP contribution is -2.44. The van der Waals surface area contributed by atoms with E-state index in [1.165, 1.54) is 35.2 Å². The van der Waals surface area contributed by atoms with Gasteiger partial charge in [-0.15, -0.1) is 0 Å². The van der Waals surface area contributed by atoms with E-state index in [0.29, 0.717) is 26.2 Å². The van der Waals surface area contributed by atoms with Crippen LogP contribution in [0, 0.1) is 17.6 Å². The quantitative estimate of drug-likeness (QED) is 0.234. The molecule has 0 atom stereocenters. The van der Waals surface area contributed by atoms with Gasteiger partial charge in [-0.3, -0.25) is 9.59 Å². The molecule has 4 rings (SSSR count). The summed E-state index contributed by atoms with van der Waals surface area (Å²) in [5.74, 6) is -1.25. The molecule has 0 saturated carbocycles. The van der Waals surface area contributed by atoms with Crippen molar-refractivity contribution in [1.29, 1.82) is 0 Å². The summed E-state index contributed by atoms with van der Waals surface area (Å²) in [6.45, 7) is 5.41. The highest BCUT2D eigenvalue weighted by atomic mass is 19.1. The average molecular weight is 530 g/mol. The van der Waals surface area contributed by atoms with Gasteiger partial charge in [-0.25, -0.2) is 8.78 Å². The second kappa shape index (κ2) is 13.0. The zero-order valence-electron chi connectivity index (χ0n) is 22.3. The smallest absolute Gasteiger partial charge is 0.254 e. The molecule has 0 bridgehead atoms. The number of aromatic nitrogens is 1. The highest BCUT2D eigenvalue weighted by Crippen LogP contribution is 2.16. The van der Waals surface area contributed by atoms with E-state index in [4.69, 9.17) is 0 Å². The molecular formula is C32H33F2N3O2. The number of carbonyl (C=O) groups is 2. The Hall–Kier alpha value is -4.26. The van der Waals surface area contributed by atoms with Crippen molar-refractivity contribution in [3.63, 3.8) is 0 Å². The van der Waals surface area contributed by atoms with Gasteiger partial charge in [0.25, 0.3) is 5.91 Å². The number of carbonyl (C=O) groups excluding carboxylic acids is 2. The Morgan fingerprint density at radius 2 is 1.51 bits per heavy atom. The van der Waals surface area contributed by atoms with E-state index in [1.807, 2.05) is 67.1 Å². The van der Waals surface area contributed by atoms with Gasteiger partial charge >= 0.3 is 0 Å².